The van der Waals surface area contributed by atoms with Crippen molar-refractivity contribution < 1.29 is 8.42 Å². The number of primary sulfonamides is 1. The van der Waals surface area contributed by atoms with Gasteiger partial charge in [0.2, 0.25) is 10.0 Å². The Morgan fingerprint density at radius 1 is 1.38 bits per heavy atom. The first kappa shape index (κ1) is 10.3. The summed E-state index contributed by atoms with van der Waals surface area (Å²) < 4.78 is 23.7. The van der Waals surface area contributed by atoms with Crippen LogP contribution in [0.15, 0.2) is 23.4 Å². The number of rotatable bonds is 1. The smallest absolute Gasteiger partial charge is 0.239 e. The third-order valence-corrected chi connectivity index (χ3v) is 2.67. The first-order valence-electron chi connectivity index (χ1n) is 3.92. The van der Waals surface area contributed by atoms with Crippen LogP contribution in [-0.4, -0.2) is 13.0 Å². The standard InChI is InChI=1S/C8H14N2O2S/c1-8(2,3)10-5-4-7(6-10)13(9,11)12/h4-6H,1-3H3,(H2,9,11,12). The van der Waals surface area contributed by atoms with Gasteiger partial charge in [-0.2, -0.15) is 0 Å². The van der Waals surface area contributed by atoms with Gasteiger partial charge in [0, 0.05) is 17.9 Å². The zero-order valence-corrected chi connectivity index (χ0v) is 8.80. The molecular weight excluding hydrogens is 188 g/mol. The van der Waals surface area contributed by atoms with Gasteiger partial charge in [0.05, 0.1) is 4.90 Å². The molecule has 0 atom stereocenters. The molecule has 0 saturated carbocycles. The molecule has 4 nitrogen and oxygen atoms in total. The van der Waals surface area contributed by atoms with E-state index in [1.807, 2.05) is 25.3 Å². The van der Waals surface area contributed by atoms with Crippen molar-refractivity contribution in [3.63, 3.8) is 0 Å². The number of aromatic nitrogens is 1. The van der Waals surface area contributed by atoms with Gasteiger partial charge in [0.25, 0.3) is 0 Å². The Balaban J connectivity index is 3.16. The lowest BCUT2D eigenvalue weighted by atomic mass is 10.1. The van der Waals surface area contributed by atoms with E-state index >= 15 is 0 Å². The highest BCUT2D eigenvalue weighted by Crippen LogP contribution is 2.17. The minimum Gasteiger partial charge on any atom is -0.348 e. The molecule has 1 rings (SSSR count). The van der Waals surface area contributed by atoms with E-state index in [0.717, 1.165) is 0 Å². The SMILES string of the molecule is CC(C)(C)n1ccc(S(N)(=O)=O)c1. The van der Waals surface area contributed by atoms with Crippen molar-refractivity contribution in [2.24, 2.45) is 5.14 Å². The van der Waals surface area contributed by atoms with Gasteiger partial charge in [-0.3, -0.25) is 0 Å². The number of sulfonamides is 1. The van der Waals surface area contributed by atoms with E-state index in [-0.39, 0.29) is 10.4 Å². The average molecular weight is 202 g/mol. The van der Waals surface area contributed by atoms with Crippen LogP contribution in [0.2, 0.25) is 0 Å². The molecule has 0 aliphatic rings. The Morgan fingerprint density at radius 3 is 2.15 bits per heavy atom. The Kier molecular flexibility index (Phi) is 2.25. The van der Waals surface area contributed by atoms with Crippen molar-refractivity contribution in [3.05, 3.63) is 18.5 Å². The second kappa shape index (κ2) is 2.85. The predicted octanol–water partition coefficient (Wildman–Crippen LogP) is 0.891. The highest BCUT2D eigenvalue weighted by Gasteiger charge is 2.15. The average Bonchev–Trinajstić information content (AvgIpc) is 2.28. The first-order valence-corrected chi connectivity index (χ1v) is 5.47. The van der Waals surface area contributed by atoms with Crippen LogP contribution in [0.3, 0.4) is 0 Å². The van der Waals surface area contributed by atoms with Crippen LogP contribution in [-0.2, 0) is 15.6 Å². The molecule has 13 heavy (non-hydrogen) atoms. The van der Waals surface area contributed by atoms with E-state index in [1.54, 1.807) is 6.20 Å². The van der Waals surface area contributed by atoms with Crippen LogP contribution in [0.5, 0.6) is 0 Å². The van der Waals surface area contributed by atoms with E-state index in [1.165, 1.54) is 12.3 Å². The number of hydrogen-bond acceptors (Lipinski definition) is 2. The largest absolute Gasteiger partial charge is 0.348 e. The molecule has 0 aromatic carbocycles. The molecule has 0 unspecified atom stereocenters. The quantitative estimate of drug-likeness (QED) is 0.735. The molecule has 74 valence electrons. The second-order valence-corrected chi connectivity index (χ2v) is 5.53. The molecule has 0 saturated heterocycles. The molecule has 0 radical (unpaired) electrons. The van der Waals surface area contributed by atoms with Gasteiger partial charge in [-0.1, -0.05) is 0 Å². The maximum atomic E-state index is 10.9. The van der Waals surface area contributed by atoms with Gasteiger partial charge in [-0.25, -0.2) is 13.6 Å². The summed E-state index contributed by atoms with van der Waals surface area (Å²) in [6.45, 7) is 5.96. The Hall–Kier alpha value is -0.810. The lowest BCUT2D eigenvalue weighted by Crippen LogP contribution is -2.20. The molecule has 1 heterocycles. The van der Waals surface area contributed by atoms with Crippen molar-refractivity contribution in [2.75, 3.05) is 0 Å². The van der Waals surface area contributed by atoms with Crippen molar-refractivity contribution in [1.29, 1.82) is 0 Å². The first-order chi connectivity index (χ1) is 5.71. The van der Waals surface area contributed by atoms with Gasteiger partial charge >= 0.3 is 0 Å². The lowest BCUT2D eigenvalue weighted by molar-refractivity contribution is 0.397. The molecule has 2 N–H and O–H groups in total. The summed E-state index contributed by atoms with van der Waals surface area (Å²) in [6, 6.07) is 1.50. The summed E-state index contributed by atoms with van der Waals surface area (Å²) in [4.78, 5) is 0.155. The van der Waals surface area contributed by atoms with Gasteiger partial charge < -0.3 is 4.57 Å². The fourth-order valence-electron chi connectivity index (χ4n) is 0.962. The van der Waals surface area contributed by atoms with Crippen molar-refractivity contribution in [2.45, 2.75) is 31.2 Å². The zero-order chi connectivity index (χ0) is 10.3. The third-order valence-electron chi connectivity index (χ3n) is 1.77. The number of nitrogens with two attached hydrogens (primary N) is 1. The van der Waals surface area contributed by atoms with Crippen molar-refractivity contribution in [3.8, 4) is 0 Å². The fraction of sp³-hybridized carbons (Fsp3) is 0.500. The van der Waals surface area contributed by atoms with Crippen LogP contribution in [0.1, 0.15) is 20.8 Å². The van der Waals surface area contributed by atoms with Crippen LogP contribution in [0.4, 0.5) is 0 Å². The monoisotopic (exact) mass is 202 g/mol. The summed E-state index contributed by atoms with van der Waals surface area (Å²) in [5.41, 5.74) is -0.122. The van der Waals surface area contributed by atoms with Gasteiger partial charge in [-0.15, -0.1) is 0 Å². The summed E-state index contributed by atoms with van der Waals surface area (Å²) in [5.74, 6) is 0. The van der Waals surface area contributed by atoms with Gasteiger partial charge in [0.1, 0.15) is 0 Å². The highest BCUT2D eigenvalue weighted by atomic mass is 32.2. The topological polar surface area (TPSA) is 65.1 Å². The van der Waals surface area contributed by atoms with E-state index in [4.69, 9.17) is 5.14 Å². The molecular formula is C8H14N2O2S. The lowest BCUT2D eigenvalue weighted by Gasteiger charge is -2.20. The number of hydrogen-bond donors (Lipinski definition) is 1. The second-order valence-electron chi connectivity index (χ2n) is 3.97. The molecule has 5 heteroatoms. The summed E-state index contributed by atoms with van der Waals surface area (Å²) >= 11 is 0. The van der Waals surface area contributed by atoms with E-state index in [2.05, 4.69) is 0 Å². The molecule has 1 aromatic rings. The Morgan fingerprint density at radius 2 is 1.92 bits per heavy atom. The van der Waals surface area contributed by atoms with E-state index < -0.39 is 10.0 Å². The van der Waals surface area contributed by atoms with E-state index in [9.17, 15) is 8.42 Å². The molecule has 0 aliphatic carbocycles. The molecule has 0 spiro atoms. The molecule has 0 fully saturated rings. The van der Waals surface area contributed by atoms with Crippen molar-refractivity contribution in [1.82, 2.24) is 4.57 Å². The zero-order valence-electron chi connectivity index (χ0n) is 7.98. The summed E-state index contributed by atoms with van der Waals surface area (Å²) in [7, 11) is -3.56. The summed E-state index contributed by atoms with van der Waals surface area (Å²) in [6.07, 6.45) is 3.25. The van der Waals surface area contributed by atoms with Crippen LogP contribution < -0.4 is 5.14 Å². The maximum absolute atomic E-state index is 10.9. The highest BCUT2D eigenvalue weighted by molar-refractivity contribution is 7.89. The molecule has 0 bridgehead atoms. The predicted molar refractivity (Wildman–Crippen MR) is 50.8 cm³/mol. The van der Waals surface area contributed by atoms with Crippen molar-refractivity contribution >= 4 is 10.0 Å². The Bertz CT molecular complexity index is 398. The molecule has 0 amide bonds. The van der Waals surface area contributed by atoms with Gasteiger partial charge in [-0.05, 0) is 26.8 Å². The Labute approximate surface area is 78.4 Å². The molecule has 0 aliphatic heterocycles. The van der Waals surface area contributed by atoms with Crippen LogP contribution in [0.25, 0.3) is 0 Å². The minimum absolute atomic E-state index is 0.122. The number of nitrogens with zero attached hydrogens (tertiary/aromatic N) is 1. The molecule has 1 aromatic heterocycles. The van der Waals surface area contributed by atoms with Crippen LogP contribution >= 0.6 is 0 Å². The van der Waals surface area contributed by atoms with E-state index in [0.29, 0.717) is 0 Å². The van der Waals surface area contributed by atoms with Crippen LogP contribution in [0, 0.1) is 0 Å². The van der Waals surface area contributed by atoms with Gasteiger partial charge in [0.15, 0.2) is 0 Å². The third kappa shape index (κ3) is 2.32. The normalized spacial score (nSPS) is 13.2. The minimum atomic E-state index is -3.56. The fourth-order valence-corrected chi connectivity index (χ4v) is 1.47. The maximum Gasteiger partial charge on any atom is 0.239 e. The summed E-state index contributed by atoms with van der Waals surface area (Å²) in [5, 5.41) is 4.97.